The molecule has 98 valence electrons. The molecule has 16 heavy (non-hydrogen) atoms. The summed E-state index contributed by atoms with van der Waals surface area (Å²) in [5.74, 6) is 2.78. The monoisotopic (exact) mass is 422 g/mol. The van der Waals surface area contributed by atoms with Crippen molar-refractivity contribution in [3.63, 3.8) is 0 Å². The minimum absolute atomic E-state index is 0.926. The van der Waals surface area contributed by atoms with E-state index >= 15 is 0 Å². The van der Waals surface area contributed by atoms with E-state index in [0.29, 0.717) is 0 Å². The zero-order valence-electron chi connectivity index (χ0n) is 12.4. The molecule has 0 saturated heterocycles. The van der Waals surface area contributed by atoms with Gasteiger partial charge >= 0.3 is 113 Å². The van der Waals surface area contributed by atoms with E-state index in [4.69, 9.17) is 0 Å². The molecule has 0 aromatic heterocycles. The van der Waals surface area contributed by atoms with E-state index in [9.17, 15) is 0 Å². The molecule has 0 unspecified atom stereocenters. The Morgan fingerprint density at radius 1 is 0.562 bits per heavy atom. The van der Waals surface area contributed by atoms with Gasteiger partial charge in [-0.05, 0) is 0 Å². The Kier molecular flexibility index (Phi) is 10.4. The van der Waals surface area contributed by atoms with E-state index < -0.39 is 21.8 Å². The topological polar surface area (TPSA) is 0 Å². The van der Waals surface area contributed by atoms with E-state index in [-0.39, 0.29) is 0 Å². The van der Waals surface area contributed by atoms with Gasteiger partial charge < -0.3 is 0 Å². The molecule has 0 aromatic carbocycles. The van der Waals surface area contributed by atoms with Crippen LogP contribution < -0.4 is 0 Å². The van der Waals surface area contributed by atoms with Crippen LogP contribution in [0, 0.1) is 17.8 Å². The summed E-state index contributed by atoms with van der Waals surface area (Å²) in [6, 6.07) is 0. The van der Waals surface area contributed by atoms with E-state index in [2.05, 4.69) is 41.5 Å². The van der Waals surface area contributed by atoms with Crippen molar-refractivity contribution in [1.29, 1.82) is 0 Å². The van der Waals surface area contributed by atoms with Crippen molar-refractivity contribution < 1.29 is 0 Å². The van der Waals surface area contributed by atoms with Gasteiger partial charge in [-0.1, -0.05) is 0 Å². The first-order chi connectivity index (χ1) is 7.41. The second-order valence-electron chi connectivity index (χ2n) is 6.39. The van der Waals surface area contributed by atoms with E-state index in [1.54, 1.807) is 12.4 Å². The fourth-order valence-electron chi connectivity index (χ4n) is 1.66. The Bertz CT molecular complexity index is 121. The van der Waals surface area contributed by atoms with Crippen molar-refractivity contribution >= 4 is 21.8 Å². The van der Waals surface area contributed by atoms with Crippen molar-refractivity contribution in [2.45, 2.75) is 73.2 Å². The van der Waals surface area contributed by atoms with Gasteiger partial charge in [0.2, 0.25) is 0 Å². The van der Waals surface area contributed by atoms with Gasteiger partial charge in [-0.15, -0.1) is 0 Å². The molecule has 0 atom stereocenters. The first-order valence-electron chi connectivity index (χ1n) is 7.14. The van der Waals surface area contributed by atoms with Crippen LogP contribution >= 0.6 is 0 Å². The van der Waals surface area contributed by atoms with Crippen molar-refractivity contribution in [2.75, 3.05) is 0 Å². The predicted molar refractivity (Wildman–Crippen MR) is 78.5 cm³/mol. The zero-order chi connectivity index (χ0) is 12.6. The van der Waals surface area contributed by atoms with Gasteiger partial charge in [0.15, 0.2) is 0 Å². The maximum absolute atomic E-state index is 2.38. The second-order valence-corrected chi connectivity index (χ2v) is 16.8. The third-order valence-corrected chi connectivity index (χ3v) is 13.5. The summed E-state index contributed by atoms with van der Waals surface area (Å²) in [7, 11) is 0. The predicted octanol–water partition coefficient (Wildman–Crippen LogP) is 5.62. The molecule has 0 bridgehead atoms. The molecule has 0 fully saturated rings. The molecule has 1 heteroatoms. The Morgan fingerprint density at radius 2 is 0.812 bits per heavy atom. The Labute approximate surface area is 112 Å². The summed E-state index contributed by atoms with van der Waals surface area (Å²) >= 11 is -1.05. The van der Waals surface area contributed by atoms with Crippen LogP contribution in [0.4, 0.5) is 0 Å². The number of hydrogen-bond acceptors (Lipinski definition) is 0. The van der Waals surface area contributed by atoms with Crippen LogP contribution in [0.15, 0.2) is 0 Å². The van der Waals surface area contributed by atoms with E-state index in [0.717, 1.165) is 17.8 Å². The summed E-state index contributed by atoms with van der Waals surface area (Å²) in [4.78, 5) is 0. The zero-order valence-corrected chi connectivity index (χ0v) is 15.9. The Hall–Kier alpha value is 0.883. The van der Waals surface area contributed by atoms with Crippen LogP contribution in [-0.2, 0) is 0 Å². The molecular formula is C15H33Bi. The fraction of sp³-hybridized carbons (Fsp3) is 1.00. The SMILES string of the molecule is CC(C)C[CH2][Bi]([CH2]CC(C)C)[CH2]CC(C)C. The van der Waals surface area contributed by atoms with Crippen LogP contribution in [0.3, 0.4) is 0 Å². The summed E-state index contributed by atoms with van der Waals surface area (Å²) in [5.41, 5.74) is 0. The summed E-state index contributed by atoms with van der Waals surface area (Å²) in [6.07, 6.45) is 4.52. The Balaban J connectivity index is 3.85. The van der Waals surface area contributed by atoms with Crippen LogP contribution in [0.2, 0.25) is 12.4 Å². The van der Waals surface area contributed by atoms with Gasteiger partial charge in [-0.2, -0.15) is 0 Å². The van der Waals surface area contributed by atoms with Gasteiger partial charge in [0, 0.05) is 0 Å². The molecule has 0 heterocycles. The van der Waals surface area contributed by atoms with Crippen molar-refractivity contribution in [2.24, 2.45) is 17.8 Å². The van der Waals surface area contributed by atoms with Crippen molar-refractivity contribution in [1.82, 2.24) is 0 Å². The number of hydrogen-bond donors (Lipinski definition) is 0. The normalized spacial score (nSPS) is 12.4. The van der Waals surface area contributed by atoms with Crippen LogP contribution in [0.25, 0.3) is 0 Å². The second kappa shape index (κ2) is 9.87. The molecule has 0 aromatic rings. The van der Waals surface area contributed by atoms with E-state index in [1.807, 2.05) is 0 Å². The van der Waals surface area contributed by atoms with Gasteiger partial charge in [0.1, 0.15) is 0 Å². The molecule has 0 aliphatic heterocycles. The first-order valence-corrected chi connectivity index (χ1v) is 14.5. The van der Waals surface area contributed by atoms with Crippen LogP contribution in [-0.4, -0.2) is 21.8 Å². The molecule has 0 saturated carbocycles. The standard InChI is InChI=1S/3C5H11.Bi/c3*1-4-5(2)3;/h3*5H,1,4H2,2-3H3;. The molecule has 0 nitrogen and oxygen atoms in total. The quantitative estimate of drug-likeness (QED) is 0.423. The van der Waals surface area contributed by atoms with Gasteiger partial charge in [-0.3, -0.25) is 0 Å². The van der Waals surface area contributed by atoms with Gasteiger partial charge in [0.05, 0.1) is 0 Å². The van der Waals surface area contributed by atoms with Crippen molar-refractivity contribution in [3.05, 3.63) is 0 Å². The third-order valence-electron chi connectivity index (χ3n) is 3.07. The third kappa shape index (κ3) is 11.4. The average Bonchev–Trinajstić information content (AvgIpc) is 2.15. The maximum atomic E-state index is 2.38. The molecule has 0 rings (SSSR count). The van der Waals surface area contributed by atoms with Gasteiger partial charge in [-0.25, -0.2) is 0 Å². The van der Waals surface area contributed by atoms with E-state index in [1.165, 1.54) is 19.3 Å². The molecule has 0 aliphatic rings. The van der Waals surface area contributed by atoms with Crippen LogP contribution in [0.1, 0.15) is 60.8 Å². The van der Waals surface area contributed by atoms with Crippen molar-refractivity contribution in [3.8, 4) is 0 Å². The summed E-state index contributed by atoms with van der Waals surface area (Å²) in [5, 5.41) is 0. The fourth-order valence-corrected chi connectivity index (χ4v) is 14.5. The summed E-state index contributed by atoms with van der Waals surface area (Å²) in [6.45, 7) is 14.3. The molecule has 0 radical (unpaired) electrons. The van der Waals surface area contributed by atoms with Gasteiger partial charge in [0.25, 0.3) is 0 Å². The molecule has 0 N–H and O–H groups in total. The molecular weight excluding hydrogens is 389 g/mol. The molecule has 0 amide bonds. The summed E-state index contributed by atoms with van der Waals surface area (Å²) < 4.78 is 4.98. The number of rotatable bonds is 9. The average molecular weight is 422 g/mol. The van der Waals surface area contributed by atoms with Crippen LogP contribution in [0.5, 0.6) is 0 Å². The molecule has 0 spiro atoms. The minimum atomic E-state index is -1.05. The molecule has 0 aliphatic carbocycles. The Morgan fingerprint density at radius 3 is 1.00 bits per heavy atom. The first kappa shape index (κ1) is 16.9.